The van der Waals surface area contributed by atoms with Crippen molar-refractivity contribution < 1.29 is 17.9 Å². The van der Waals surface area contributed by atoms with E-state index < -0.39 is 12.7 Å². The molecule has 0 aliphatic rings. The molecule has 0 bridgehead atoms. The quantitative estimate of drug-likeness (QED) is 0.921. The second-order valence-electron chi connectivity index (χ2n) is 4.26. The van der Waals surface area contributed by atoms with Crippen LogP contribution in [0.3, 0.4) is 0 Å². The highest BCUT2D eigenvalue weighted by Gasteiger charge is 2.20. The molecule has 2 N–H and O–H groups in total. The Morgan fingerprint density at radius 3 is 2.42 bits per heavy atom. The Balaban J connectivity index is 2.38. The number of benzene rings is 1. The Kier molecular flexibility index (Phi) is 3.85. The lowest BCUT2D eigenvalue weighted by Gasteiger charge is -2.16. The van der Waals surface area contributed by atoms with E-state index in [1.807, 2.05) is 6.92 Å². The molecule has 5 heteroatoms. The van der Waals surface area contributed by atoms with Crippen molar-refractivity contribution in [2.45, 2.75) is 26.5 Å². The van der Waals surface area contributed by atoms with Gasteiger partial charge in [-0.15, -0.1) is 0 Å². The number of ether oxygens (including phenoxy) is 1. The number of aryl methyl sites for hydroxylation is 2. The zero-order valence-corrected chi connectivity index (χ0v) is 10.7. The Morgan fingerprint density at radius 2 is 1.84 bits per heavy atom. The van der Waals surface area contributed by atoms with Crippen LogP contribution >= 0.6 is 0 Å². The number of alkyl halides is 2. The van der Waals surface area contributed by atoms with Crippen LogP contribution in [0.1, 0.15) is 28.7 Å². The maximum absolute atomic E-state index is 12.4. The van der Waals surface area contributed by atoms with Gasteiger partial charge < -0.3 is 14.9 Å². The molecule has 1 aromatic carbocycles. The van der Waals surface area contributed by atoms with Crippen LogP contribution in [0.2, 0.25) is 0 Å². The van der Waals surface area contributed by atoms with E-state index in [1.54, 1.807) is 31.2 Å². The highest BCUT2D eigenvalue weighted by molar-refractivity contribution is 5.42. The van der Waals surface area contributed by atoms with Crippen LogP contribution in [0.4, 0.5) is 8.78 Å². The summed E-state index contributed by atoms with van der Waals surface area (Å²) in [6.07, 6.45) is 0. The van der Waals surface area contributed by atoms with Gasteiger partial charge in [0.25, 0.3) is 0 Å². The van der Waals surface area contributed by atoms with E-state index in [4.69, 9.17) is 10.2 Å². The molecule has 0 radical (unpaired) electrons. The topological polar surface area (TPSA) is 48.4 Å². The van der Waals surface area contributed by atoms with Crippen molar-refractivity contribution in [3.05, 3.63) is 53.0 Å². The minimum atomic E-state index is -2.87. The normalized spacial score (nSPS) is 12.7. The highest BCUT2D eigenvalue weighted by Crippen LogP contribution is 2.31. The first-order valence-electron chi connectivity index (χ1n) is 5.85. The van der Waals surface area contributed by atoms with Crippen LogP contribution in [0.25, 0.3) is 0 Å². The molecule has 1 atom stereocenters. The lowest BCUT2D eigenvalue weighted by molar-refractivity contribution is -0.0505. The minimum absolute atomic E-state index is 0.0863. The molecule has 1 heterocycles. The SMILES string of the molecule is Cc1cc(C(N)c2ccccc2OC(F)F)c(C)o1. The molecule has 0 aliphatic heterocycles. The largest absolute Gasteiger partial charge is 0.466 e. The van der Waals surface area contributed by atoms with Crippen LogP contribution in [0.5, 0.6) is 5.75 Å². The van der Waals surface area contributed by atoms with Crippen molar-refractivity contribution in [3.63, 3.8) is 0 Å². The molecular formula is C14H15F2NO2. The lowest BCUT2D eigenvalue weighted by Crippen LogP contribution is -2.15. The van der Waals surface area contributed by atoms with Crippen molar-refractivity contribution >= 4 is 0 Å². The Bertz CT molecular complexity index is 566. The fraction of sp³-hybridized carbons (Fsp3) is 0.286. The third kappa shape index (κ3) is 2.93. The molecule has 102 valence electrons. The van der Waals surface area contributed by atoms with Gasteiger partial charge >= 0.3 is 6.61 Å². The predicted octanol–water partition coefficient (Wildman–Crippen LogP) is 3.55. The zero-order valence-electron chi connectivity index (χ0n) is 10.7. The van der Waals surface area contributed by atoms with E-state index in [0.29, 0.717) is 11.3 Å². The monoisotopic (exact) mass is 267 g/mol. The molecule has 3 nitrogen and oxygen atoms in total. The van der Waals surface area contributed by atoms with Gasteiger partial charge in [-0.2, -0.15) is 8.78 Å². The fourth-order valence-electron chi connectivity index (χ4n) is 2.07. The van der Waals surface area contributed by atoms with Gasteiger partial charge in [-0.1, -0.05) is 18.2 Å². The summed E-state index contributed by atoms with van der Waals surface area (Å²) in [4.78, 5) is 0. The van der Waals surface area contributed by atoms with E-state index in [2.05, 4.69) is 4.74 Å². The van der Waals surface area contributed by atoms with E-state index in [0.717, 1.165) is 11.3 Å². The molecular weight excluding hydrogens is 252 g/mol. The van der Waals surface area contributed by atoms with Gasteiger partial charge in [0.2, 0.25) is 0 Å². The molecule has 19 heavy (non-hydrogen) atoms. The third-order valence-electron chi connectivity index (χ3n) is 2.88. The lowest BCUT2D eigenvalue weighted by atomic mass is 9.99. The van der Waals surface area contributed by atoms with Crippen LogP contribution in [-0.2, 0) is 0 Å². The summed E-state index contributed by atoms with van der Waals surface area (Å²) >= 11 is 0. The molecule has 0 saturated heterocycles. The first kappa shape index (κ1) is 13.5. The van der Waals surface area contributed by atoms with Crippen molar-refractivity contribution in [3.8, 4) is 5.75 Å². The number of hydrogen-bond acceptors (Lipinski definition) is 3. The predicted molar refractivity (Wildman–Crippen MR) is 67.3 cm³/mol. The molecule has 0 saturated carbocycles. The number of furan rings is 1. The standard InChI is InChI=1S/C14H15F2NO2/c1-8-7-11(9(2)18-8)13(17)10-5-3-4-6-12(10)19-14(15)16/h3-7,13-14H,17H2,1-2H3. The summed E-state index contributed by atoms with van der Waals surface area (Å²) in [6.45, 7) is 0.726. The van der Waals surface area contributed by atoms with Crippen LogP contribution in [0, 0.1) is 13.8 Å². The molecule has 1 unspecified atom stereocenters. The summed E-state index contributed by atoms with van der Waals surface area (Å²) < 4.78 is 34.6. The van der Waals surface area contributed by atoms with E-state index >= 15 is 0 Å². The third-order valence-corrected chi connectivity index (χ3v) is 2.88. The van der Waals surface area contributed by atoms with E-state index in [1.165, 1.54) is 6.07 Å². The minimum Gasteiger partial charge on any atom is -0.466 e. The van der Waals surface area contributed by atoms with Gasteiger partial charge in [-0.3, -0.25) is 0 Å². The van der Waals surface area contributed by atoms with Gasteiger partial charge in [-0.05, 0) is 26.0 Å². The number of rotatable bonds is 4. The van der Waals surface area contributed by atoms with Crippen molar-refractivity contribution in [1.82, 2.24) is 0 Å². The number of para-hydroxylation sites is 1. The fourth-order valence-corrected chi connectivity index (χ4v) is 2.07. The molecule has 2 aromatic rings. The molecule has 1 aromatic heterocycles. The van der Waals surface area contributed by atoms with Gasteiger partial charge in [0.1, 0.15) is 17.3 Å². The van der Waals surface area contributed by atoms with Crippen LogP contribution in [0.15, 0.2) is 34.7 Å². The Labute approximate surface area is 110 Å². The van der Waals surface area contributed by atoms with E-state index in [9.17, 15) is 8.78 Å². The summed E-state index contributed by atoms with van der Waals surface area (Å²) in [5.41, 5.74) is 7.39. The first-order chi connectivity index (χ1) is 8.99. The molecule has 0 amide bonds. The second kappa shape index (κ2) is 5.40. The van der Waals surface area contributed by atoms with Crippen molar-refractivity contribution in [2.75, 3.05) is 0 Å². The maximum Gasteiger partial charge on any atom is 0.387 e. The number of hydrogen-bond donors (Lipinski definition) is 1. The first-order valence-corrected chi connectivity index (χ1v) is 5.85. The van der Waals surface area contributed by atoms with Gasteiger partial charge in [0.05, 0.1) is 6.04 Å². The van der Waals surface area contributed by atoms with Gasteiger partial charge in [0.15, 0.2) is 0 Å². The van der Waals surface area contributed by atoms with Crippen LogP contribution < -0.4 is 10.5 Å². The molecule has 2 rings (SSSR count). The Hall–Kier alpha value is -1.88. The van der Waals surface area contributed by atoms with Gasteiger partial charge in [-0.25, -0.2) is 0 Å². The Morgan fingerprint density at radius 1 is 1.16 bits per heavy atom. The van der Waals surface area contributed by atoms with Crippen molar-refractivity contribution in [2.24, 2.45) is 5.73 Å². The molecule has 0 fully saturated rings. The summed E-state index contributed by atoms with van der Waals surface area (Å²) in [5.74, 6) is 1.50. The van der Waals surface area contributed by atoms with Gasteiger partial charge in [0, 0.05) is 11.1 Å². The van der Waals surface area contributed by atoms with E-state index in [-0.39, 0.29) is 5.75 Å². The highest BCUT2D eigenvalue weighted by atomic mass is 19.3. The summed E-state index contributed by atoms with van der Waals surface area (Å²) in [7, 11) is 0. The van der Waals surface area contributed by atoms with Crippen LogP contribution in [-0.4, -0.2) is 6.61 Å². The molecule has 0 spiro atoms. The maximum atomic E-state index is 12.4. The summed E-state index contributed by atoms with van der Waals surface area (Å²) in [6, 6.07) is 7.75. The number of halogens is 2. The number of nitrogens with two attached hydrogens (primary N) is 1. The summed E-state index contributed by atoms with van der Waals surface area (Å²) in [5, 5.41) is 0. The second-order valence-corrected chi connectivity index (χ2v) is 4.26. The average molecular weight is 267 g/mol. The smallest absolute Gasteiger partial charge is 0.387 e. The zero-order chi connectivity index (χ0) is 14.0. The van der Waals surface area contributed by atoms with Crippen molar-refractivity contribution in [1.29, 1.82) is 0 Å². The molecule has 0 aliphatic carbocycles. The average Bonchev–Trinajstić information content (AvgIpc) is 2.67.